The molecule has 8 nitrogen and oxygen atoms in total. The second kappa shape index (κ2) is 9.95. The third-order valence-electron chi connectivity index (χ3n) is 4.36. The second-order valence-corrected chi connectivity index (χ2v) is 7.06. The number of benzene rings is 1. The summed E-state index contributed by atoms with van der Waals surface area (Å²) in [6.45, 7) is 5.84. The van der Waals surface area contributed by atoms with E-state index < -0.39 is 18.1 Å². The molecule has 0 aliphatic carbocycles. The third-order valence-corrected chi connectivity index (χ3v) is 4.36. The van der Waals surface area contributed by atoms with Crippen LogP contribution in [-0.2, 0) is 27.3 Å². The molecule has 1 aliphatic rings. The topological polar surface area (TPSA) is 108 Å². The lowest BCUT2D eigenvalue weighted by Crippen LogP contribution is -2.17. The Labute approximate surface area is 169 Å². The quantitative estimate of drug-likeness (QED) is 0.375. The number of cyclic esters (lactones) is 1. The highest BCUT2D eigenvalue weighted by Crippen LogP contribution is 2.42. The van der Waals surface area contributed by atoms with Gasteiger partial charge in [0.1, 0.15) is 17.9 Å². The number of allylic oxidation sites excluding steroid dienone is 2. The number of carboxylic acids is 1. The first-order chi connectivity index (χ1) is 13.8. The number of carbonyl (C=O) groups is 3. The monoisotopic (exact) mass is 406 g/mol. The molecule has 158 valence electrons. The van der Waals surface area contributed by atoms with E-state index in [1.54, 1.807) is 19.1 Å². The summed E-state index contributed by atoms with van der Waals surface area (Å²) in [5, 5.41) is 8.74. The van der Waals surface area contributed by atoms with Gasteiger partial charge in [0.2, 0.25) is 0 Å². The lowest BCUT2D eigenvalue weighted by atomic mass is 9.95. The van der Waals surface area contributed by atoms with Gasteiger partial charge in [-0.25, -0.2) is 9.59 Å². The lowest BCUT2D eigenvalue weighted by Gasteiger charge is -2.18. The van der Waals surface area contributed by atoms with Crippen LogP contribution < -0.4 is 9.47 Å². The van der Waals surface area contributed by atoms with Crippen molar-refractivity contribution in [3.63, 3.8) is 0 Å². The SMILES string of the molecule is COc1c(C)c2c(c(OC(=O)OCC(C)C)c1CC=CCCC(=O)O)C(=O)OC2. The van der Waals surface area contributed by atoms with Gasteiger partial charge in [-0.05, 0) is 31.2 Å². The molecule has 0 amide bonds. The van der Waals surface area contributed by atoms with E-state index in [1.165, 1.54) is 7.11 Å². The van der Waals surface area contributed by atoms with Crippen LogP contribution in [-0.4, -0.2) is 36.9 Å². The minimum atomic E-state index is -0.914. The van der Waals surface area contributed by atoms with Gasteiger partial charge in [-0.1, -0.05) is 26.0 Å². The Balaban J connectivity index is 2.41. The van der Waals surface area contributed by atoms with Crippen molar-refractivity contribution >= 4 is 18.1 Å². The molecule has 0 radical (unpaired) electrons. The maximum Gasteiger partial charge on any atom is 0.513 e. The van der Waals surface area contributed by atoms with E-state index in [2.05, 4.69) is 0 Å². The first-order valence-corrected chi connectivity index (χ1v) is 9.37. The lowest BCUT2D eigenvalue weighted by molar-refractivity contribution is -0.136. The number of rotatable bonds is 9. The first kappa shape index (κ1) is 22.3. The van der Waals surface area contributed by atoms with E-state index >= 15 is 0 Å². The zero-order chi connectivity index (χ0) is 21.6. The van der Waals surface area contributed by atoms with Gasteiger partial charge in [-0.3, -0.25) is 4.79 Å². The Morgan fingerprint density at radius 1 is 1.24 bits per heavy atom. The molecule has 1 heterocycles. The van der Waals surface area contributed by atoms with Gasteiger partial charge in [0.25, 0.3) is 0 Å². The fourth-order valence-corrected chi connectivity index (χ4v) is 3.00. The molecule has 1 N–H and O–H groups in total. The number of carbonyl (C=O) groups excluding carboxylic acids is 2. The number of hydrogen-bond acceptors (Lipinski definition) is 7. The number of esters is 1. The Hall–Kier alpha value is -3.03. The normalized spacial score (nSPS) is 12.8. The number of methoxy groups -OCH3 is 1. The molecule has 29 heavy (non-hydrogen) atoms. The summed E-state index contributed by atoms with van der Waals surface area (Å²) < 4.78 is 21.2. The molecule has 0 bridgehead atoms. The Bertz CT molecular complexity index is 823. The van der Waals surface area contributed by atoms with Crippen LogP contribution in [0.2, 0.25) is 0 Å². The summed E-state index contributed by atoms with van der Waals surface area (Å²) >= 11 is 0. The van der Waals surface area contributed by atoms with E-state index in [1.807, 2.05) is 13.8 Å². The van der Waals surface area contributed by atoms with Gasteiger partial charge in [-0.2, -0.15) is 0 Å². The fraction of sp³-hybridized carbons (Fsp3) is 0.476. The van der Waals surface area contributed by atoms with Crippen LogP contribution >= 0.6 is 0 Å². The Morgan fingerprint density at radius 2 is 1.97 bits per heavy atom. The molecule has 1 aromatic carbocycles. The molecule has 0 fully saturated rings. The molecule has 0 spiro atoms. The summed E-state index contributed by atoms with van der Waals surface area (Å²) in [7, 11) is 1.49. The van der Waals surface area contributed by atoms with Crippen LogP contribution in [0.15, 0.2) is 12.2 Å². The van der Waals surface area contributed by atoms with Crippen LogP contribution in [0.5, 0.6) is 11.5 Å². The van der Waals surface area contributed by atoms with Gasteiger partial charge in [0, 0.05) is 17.5 Å². The number of aliphatic carboxylic acids is 1. The highest BCUT2D eigenvalue weighted by Gasteiger charge is 2.34. The van der Waals surface area contributed by atoms with Gasteiger partial charge < -0.3 is 24.1 Å². The standard InChI is InChI=1S/C21H26O8/c1-12(2)10-28-21(25)29-19-14(8-6-5-7-9-16(22)23)18(26-4)13(3)15-11-27-20(24)17(15)19/h5-6,12H,7-11H2,1-4H3,(H,22,23). The average molecular weight is 406 g/mol. The molecule has 0 saturated carbocycles. The molecular weight excluding hydrogens is 380 g/mol. The highest BCUT2D eigenvalue weighted by atomic mass is 16.7. The maximum absolute atomic E-state index is 12.3. The van der Waals surface area contributed by atoms with Crippen molar-refractivity contribution in [1.29, 1.82) is 0 Å². The van der Waals surface area contributed by atoms with Crippen molar-refractivity contribution in [1.82, 2.24) is 0 Å². The van der Waals surface area contributed by atoms with Gasteiger partial charge >= 0.3 is 18.1 Å². The smallest absolute Gasteiger partial charge is 0.496 e. The van der Waals surface area contributed by atoms with E-state index in [0.29, 0.717) is 23.3 Å². The Kier molecular flexibility index (Phi) is 7.64. The zero-order valence-corrected chi connectivity index (χ0v) is 17.1. The van der Waals surface area contributed by atoms with Crippen molar-refractivity contribution < 1.29 is 38.4 Å². The summed E-state index contributed by atoms with van der Waals surface area (Å²) in [6.07, 6.45) is 3.19. The van der Waals surface area contributed by atoms with Crippen LogP contribution in [0.25, 0.3) is 0 Å². The molecule has 2 rings (SSSR count). The largest absolute Gasteiger partial charge is 0.513 e. The molecule has 0 atom stereocenters. The van der Waals surface area contributed by atoms with Crippen LogP contribution in [0.1, 0.15) is 53.7 Å². The van der Waals surface area contributed by atoms with Crippen LogP contribution in [0, 0.1) is 12.8 Å². The van der Waals surface area contributed by atoms with Crippen molar-refractivity contribution in [3.8, 4) is 11.5 Å². The van der Waals surface area contributed by atoms with E-state index in [4.69, 9.17) is 24.1 Å². The number of fused-ring (bicyclic) bond motifs is 1. The summed E-state index contributed by atoms with van der Waals surface area (Å²) in [5.74, 6) is -0.797. The van der Waals surface area contributed by atoms with Crippen LogP contribution in [0.3, 0.4) is 0 Å². The zero-order valence-electron chi connectivity index (χ0n) is 17.1. The summed E-state index contributed by atoms with van der Waals surface area (Å²) in [5.41, 5.74) is 2.02. The molecule has 8 heteroatoms. The fourth-order valence-electron chi connectivity index (χ4n) is 3.00. The average Bonchev–Trinajstić information content (AvgIpc) is 3.04. The van der Waals surface area contributed by atoms with Crippen molar-refractivity contribution in [2.45, 2.75) is 46.6 Å². The number of carboxylic acid groups (broad SMARTS) is 1. The molecule has 0 unspecified atom stereocenters. The minimum Gasteiger partial charge on any atom is -0.496 e. The van der Waals surface area contributed by atoms with Gasteiger partial charge in [0.05, 0.1) is 13.7 Å². The predicted molar refractivity (Wildman–Crippen MR) is 103 cm³/mol. The van der Waals surface area contributed by atoms with Crippen molar-refractivity contribution in [2.75, 3.05) is 13.7 Å². The Morgan fingerprint density at radius 3 is 2.59 bits per heavy atom. The van der Waals surface area contributed by atoms with E-state index in [0.717, 1.165) is 5.56 Å². The third kappa shape index (κ3) is 5.49. The maximum atomic E-state index is 12.3. The first-order valence-electron chi connectivity index (χ1n) is 9.37. The van der Waals surface area contributed by atoms with Crippen molar-refractivity contribution in [2.24, 2.45) is 5.92 Å². The molecular formula is C21H26O8. The second-order valence-electron chi connectivity index (χ2n) is 7.06. The van der Waals surface area contributed by atoms with Crippen LogP contribution in [0.4, 0.5) is 4.79 Å². The van der Waals surface area contributed by atoms with E-state index in [9.17, 15) is 14.4 Å². The number of hydrogen-bond donors (Lipinski definition) is 1. The molecule has 1 aliphatic heterocycles. The molecule has 1 aromatic rings. The molecule has 0 saturated heterocycles. The number of ether oxygens (including phenoxy) is 4. The van der Waals surface area contributed by atoms with Gasteiger partial charge in [-0.15, -0.1) is 0 Å². The van der Waals surface area contributed by atoms with Crippen molar-refractivity contribution in [3.05, 3.63) is 34.4 Å². The van der Waals surface area contributed by atoms with Gasteiger partial charge in [0.15, 0.2) is 5.75 Å². The predicted octanol–water partition coefficient (Wildman–Crippen LogP) is 3.81. The highest BCUT2D eigenvalue weighted by molar-refractivity contribution is 5.98. The minimum absolute atomic E-state index is 0.00800. The summed E-state index contributed by atoms with van der Waals surface area (Å²) in [6, 6.07) is 0. The summed E-state index contributed by atoms with van der Waals surface area (Å²) in [4.78, 5) is 35.2. The van der Waals surface area contributed by atoms with E-state index in [-0.39, 0.29) is 43.3 Å². The molecule has 0 aromatic heterocycles.